The highest BCUT2D eigenvalue weighted by Gasteiger charge is 2.29. The molecule has 1 atom stereocenters. The van der Waals surface area contributed by atoms with Gasteiger partial charge in [0.05, 0.1) is 23.3 Å². The Labute approximate surface area is 176 Å². The lowest BCUT2D eigenvalue weighted by molar-refractivity contribution is 0.140. The Hall–Kier alpha value is -1.93. The maximum atomic E-state index is 11.8. The summed E-state index contributed by atoms with van der Waals surface area (Å²) < 4.78 is 27.4. The monoisotopic (exact) mass is 432 g/mol. The molecule has 0 amide bonds. The lowest BCUT2D eigenvalue weighted by Crippen LogP contribution is -2.49. The third-order valence-corrected chi connectivity index (χ3v) is 7.13. The highest BCUT2D eigenvalue weighted by atomic mass is 35.5. The van der Waals surface area contributed by atoms with Gasteiger partial charge >= 0.3 is 0 Å². The van der Waals surface area contributed by atoms with Gasteiger partial charge in [-0.25, -0.2) is 13.4 Å². The van der Waals surface area contributed by atoms with Crippen LogP contribution in [0.1, 0.15) is 24.4 Å². The summed E-state index contributed by atoms with van der Waals surface area (Å²) in [7, 11) is -3.14. The predicted octanol–water partition coefficient (Wildman–Crippen LogP) is 3.38. The number of sulfonamides is 1. The largest absolute Gasteiger partial charge is 0.322 e. The molecule has 1 unspecified atom stereocenters. The van der Waals surface area contributed by atoms with E-state index in [0.29, 0.717) is 31.2 Å². The first-order valence-electron chi connectivity index (χ1n) is 9.72. The van der Waals surface area contributed by atoms with Crippen LogP contribution < -0.4 is 0 Å². The molecule has 1 aliphatic rings. The Balaban J connectivity index is 1.66. The molecule has 3 aromatic rings. The minimum atomic E-state index is -3.14. The zero-order valence-corrected chi connectivity index (χ0v) is 18.2. The number of nitrogens with zero attached hydrogens (tertiary/aromatic N) is 4. The van der Waals surface area contributed by atoms with Crippen LogP contribution in [0.3, 0.4) is 0 Å². The van der Waals surface area contributed by atoms with Gasteiger partial charge in [-0.15, -0.1) is 0 Å². The fraction of sp³-hybridized carbons (Fsp3) is 0.381. The van der Waals surface area contributed by atoms with Crippen molar-refractivity contribution < 1.29 is 8.42 Å². The zero-order chi connectivity index (χ0) is 20.6. The fourth-order valence-electron chi connectivity index (χ4n) is 3.96. The van der Waals surface area contributed by atoms with Gasteiger partial charge in [0.2, 0.25) is 10.0 Å². The Morgan fingerprint density at radius 2 is 1.76 bits per heavy atom. The number of fused-ring (bicyclic) bond motifs is 1. The summed E-state index contributed by atoms with van der Waals surface area (Å²) in [6, 6.07) is 16.2. The Kier molecular flexibility index (Phi) is 5.66. The van der Waals surface area contributed by atoms with Crippen molar-refractivity contribution in [3.8, 4) is 0 Å². The smallest absolute Gasteiger partial charge is 0.211 e. The number of aromatic nitrogens is 2. The van der Waals surface area contributed by atoms with Crippen molar-refractivity contribution in [3.05, 3.63) is 64.9 Å². The van der Waals surface area contributed by atoms with Gasteiger partial charge in [-0.1, -0.05) is 41.9 Å². The molecule has 1 aromatic heterocycles. The molecule has 29 heavy (non-hydrogen) atoms. The maximum Gasteiger partial charge on any atom is 0.211 e. The second kappa shape index (κ2) is 8.07. The van der Waals surface area contributed by atoms with Crippen molar-refractivity contribution in [2.24, 2.45) is 0 Å². The number of piperazine rings is 1. The molecular weight excluding hydrogens is 408 g/mol. The van der Waals surface area contributed by atoms with Gasteiger partial charge in [0, 0.05) is 37.7 Å². The van der Waals surface area contributed by atoms with E-state index in [-0.39, 0.29) is 6.04 Å². The molecule has 0 saturated carbocycles. The SMILES string of the molecule is CC(c1nc2cc(Cl)ccc2n1Cc1ccccc1)N1CCN(S(C)(=O)=O)CC1. The molecule has 1 fully saturated rings. The zero-order valence-electron chi connectivity index (χ0n) is 16.6. The number of halogens is 1. The van der Waals surface area contributed by atoms with Crippen LogP contribution in [0.15, 0.2) is 48.5 Å². The average molecular weight is 433 g/mol. The highest BCUT2D eigenvalue weighted by molar-refractivity contribution is 7.88. The first-order valence-corrected chi connectivity index (χ1v) is 11.9. The predicted molar refractivity (Wildman–Crippen MR) is 117 cm³/mol. The normalized spacial score (nSPS) is 17.6. The fourth-order valence-corrected chi connectivity index (χ4v) is 4.95. The van der Waals surface area contributed by atoms with Crippen molar-refractivity contribution in [2.45, 2.75) is 19.5 Å². The summed E-state index contributed by atoms with van der Waals surface area (Å²) in [6.07, 6.45) is 1.27. The Bertz CT molecular complexity index is 1110. The van der Waals surface area contributed by atoms with Crippen LogP contribution in [0.2, 0.25) is 5.02 Å². The number of hydrogen-bond donors (Lipinski definition) is 0. The lowest BCUT2D eigenvalue weighted by Gasteiger charge is -2.36. The van der Waals surface area contributed by atoms with Crippen molar-refractivity contribution in [2.75, 3.05) is 32.4 Å². The average Bonchev–Trinajstić information content (AvgIpc) is 3.05. The number of rotatable bonds is 5. The summed E-state index contributed by atoms with van der Waals surface area (Å²) in [5, 5.41) is 0.669. The van der Waals surface area contributed by atoms with Crippen LogP contribution in [-0.2, 0) is 16.6 Å². The summed E-state index contributed by atoms with van der Waals surface area (Å²) in [6.45, 7) is 5.25. The van der Waals surface area contributed by atoms with E-state index in [4.69, 9.17) is 16.6 Å². The van der Waals surface area contributed by atoms with Crippen LogP contribution in [0, 0.1) is 0 Å². The van der Waals surface area contributed by atoms with E-state index in [1.807, 2.05) is 36.4 Å². The number of hydrogen-bond acceptors (Lipinski definition) is 4. The number of imidazole rings is 1. The minimum absolute atomic E-state index is 0.0617. The van der Waals surface area contributed by atoms with Crippen molar-refractivity contribution in [3.63, 3.8) is 0 Å². The number of benzene rings is 2. The van der Waals surface area contributed by atoms with E-state index in [9.17, 15) is 8.42 Å². The topological polar surface area (TPSA) is 58.4 Å². The molecule has 2 aromatic carbocycles. The molecule has 0 bridgehead atoms. The minimum Gasteiger partial charge on any atom is -0.322 e. The molecule has 2 heterocycles. The van der Waals surface area contributed by atoms with Crippen molar-refractivity contribution in [1.29, 1.82) is 0 Å². The highest BCUT2D eigenvalue weighted by Crippen LogP contribution is 2.28. The van der Waals surface area contributed by atoms with Crippen LogP contribution in [-0.4, -0.2) is 59.6 Å². The molecule has 154 valence electrons. The van der Waals surface area contributed by atoms with E-state index in [2.05, 4.69) is 28.5 Å². The van der Waals surface area contributed by atoms with Gasteiger partial charge in [-0.2, -0.15) is 4.31 Å². The molecule has 6 nitrogen and oxygen atoms in total. The second-order valence-corrected chi connectivity index (χ2v) is 9.97. The summed E-state index contributed by atoms with van der Waals surface area (Å²) >= 11 is 6.21. The van der Waals surface area contributed by atoms with Crippen LogP contribution in [0.4, 0.5) is 0 Å². The van der Waals surface area contributed by atoms with E-state index >= 15 is 0 Å². The van der Waals surface area contributed by atoms with Gasteiger partial charge in [0.1, 0.15) is 5.82 Å². The molecule has 0 aliphatic carbocycles. The van der Waals surface area contributed by atoms with Gasteiger partial charge in [0.15, 0.2) is 0 Å². The van der Waals surface area contributed by atoms with Crippen molar-refractivity contribution >= 4 is 32.7 Å². The van der Waals surface area contributed by atoms with Crippen LogP contribution in [0.5, 0.6) is 0 Å². The van der Waals surface area contributed by atoms with Gasteiger partial charge < -0.3 is 4.57 Å². The summed E-state index contributed by atoms with van der Waals surface area (Å²) in [4.78, 5) is 7.22. The standard InChI is InChI=1S/C21H25ClN4O2S/c1-16(24-10-12-25(13-11-24)29(2,27)28)21-23-19-14-18(22)8-9-20(19)26(21)15-17-6-4-3-5-7-17/h3-9,14,16H,10-13,15H2,1-2H3. The van der Waals surface area contributed by atoms with Crippen LogP contribution in [0.25, 0.3) is 11.0 Å². The lowest BCUT2D eigenvalue weighted by atomic mass is 10.2. The van der Waals surface area contributed by atoms with Crippen molar-refractivity contribution in [1.82, 2.24) is 18.8 Å². The Morgan fingerprint density at radius 3 is 2.41 bits per heavy atom. The van der Waals surface area contributed by atoms with E-state index in [0.717, 1.165) is 23.4 Å². The summed E-state index contributed by atoms with van der Waals surface area (Å²) in [5.41, 5.74) is 3.14. The summed E-state index contributed by atoms with van der Waals surface area (Å²) in [5.74, 6) is 0.971. The van der Waals surface area contributed by atoms with E-state index in [1.54, 1.807) is 4.31 Å². The van der Waals surface area contributed by atoms with Gasteiger partial charge in [-0.05, 0) is 30.7 Å². The first kappa shape index (κ1) is 20.3. The van der Waals surface area contributed by atoms with Gasteiger partial charge in [-0.3, -0.25) is 4.90 Å². The molecule has 8 heteroatoms. The molecule has 0 spiro atoms. The molecule has 1 saturated heterocycles. The third kappa shape index (κ3) is 4.33. The molecule has 1 aliphatic heterocycles. The van der Waals surface area contributed by atoms with E-state index in [1.165, 1.54) is 11.8 Å². The molecule has 0 N–H and O–H groups in total. The molecular formula is C21H25ClN4O2S. The Morgan fingerprint density at radius 1 is 1.07 bits per heavy atom. The maximum absolute atomic E-state index is 11.8. The molecule has 4 rings (SSSR count). The van der Waals surface area contributed by atoms with Crippen LogP contribution >= 0.6 is 11.6 Å². The van der Waals surface area contributed by atoms with Gasteiger partial charge in [0.25, 0.3) is 0 Å². The molecule has 0 radical (unpaired) electrons. The first-order chi connectivity index (χ1) is 13.8. The van der Waals surface area contributed by atoms with E-state index < -0.39 is 10.0 Å². The quantitative estimate of drug-likeness (QED) is 0.620. The third-order valence-electron chi connectivity index (χ3n) is 5.59. The second-order valence-electron chi connectivity index (χ2n) is 7.55.